The number of benzene rings is 3. The van der Waals surface area contributed by atoms with E-state index < -0.39 is 0 Å². The maximum Gasteiger partial charge on any atom is 0.229 e. The van der Waals surface area contributed by atoms with Crippen LogP contribution in [0.15, 0.2) is 78.9 Å². The zero-order valence-corrected chi connectivity index (χ0v) is 19.3. The van der Waals surface area contributed by atoms with E-state index in [0.717, 1.165) is 25.9 Å². The van der Waals surface area contributed by atoms with Gasteiger partial charge in [0.15, 0.2) is 0 Å². The SMILES string of the molecule is O=C(Nc1ccc(N2CCC(C(c3ccccc3)c3ccccc3)CC2)c(F)c1)C1CCOC1. The normalized spacial score (nSPS) is 18.9. The van der Waals surface area contributed by atoms with Gasteiger partial charge in [0.25, 0.3) is 0 Å². The fourth-order valence-electron chi connectivity index (χ4n) is 5.36. The van der Waals surface area contributed by atoms with Crippen molar-refractivity contribution in [1.82, 2.24) is 0 Å². The maximum atomic E-state index is 15.0. The van der Waals surface area contributed by atoms with E-state index in [1.165, 1.54) is 17.2 Å². The van der Waals surface area contributed by atoms with Crippen LogP contribution in [0.2, 0.25) is 0 Å². The average molecular weight is 459 g/mol. The van der Waals surface area contributed by atoms with Crippen molar-refractivity contribution in [2.75, 3.05) is 36.5 Å². The minimum atomic E-state index is -0.290. The Labute approximate surface area is 200 Å². The van der Waals surface area contributed by atoms with Gasteiger partial charge in [-0.05, 0) is 54.5 Å². The molecule has 0 radical (unpaired) electrons. The Morgan fingerprint density at radius 3 is 2.12 bits per heavy atom. The second kappa shape index (κ2) is 10.4. The molecule has 0 aromatic heterocycles. The summed E-state index contributed by atoms with van der Waals surface area (Å²) in [6.45, 7) is 2.66. The van der Waals surface area contributed by atoms with E-state index in [9.17, 15) is 4.79 Å². The highest BCUT2D eigenvalue weighted by atomic mass is 19.1. The molecule has 4 nitrogen and oxygen atoms in total. The van der Waals surface area contributed by atoms with Crippen molar-refractivity contribution in [2.45, 2.75) is 25.2 Å². The lowest BCUT2D eigenvalue weighted by Crippen LogP contribution is -2.36. The molecule has 2 fully saturated rings. The highest BCUT2D eigenvalue weighted by Crippen LogP contribution is 2.39. The van der Waals surface area contributed by atoms with Crippen LogP contribution in [0, 0.1) is 17.7 Å². The van der Waals surface area contributed by atoms with Crippen LogP contribution in [0.1, 0.15) is 36.3 Å². The molecule has 2 heterocycles. The molecule has 5 rings (SSSR count). The summed E-state index contributed by atoms with van der Waals surface area (Å²) in [6, 6.07) is 26.4. The Hall–Kier alpha value is -3.18. The number of ether oxygens (including phenoxy) is 1. The number of hydrogen-bond acceptors (Lipinski definition) is 3. The Morgan fingerprint density at radius 2 is 1.56 bits per heavy atom. The predicted octanol–water partition coefficient (Wildman–Crippen LogP) is 5.85. The molecule has 0 spiro atoms. The molecule has 0 saturated carbocycles. The molecule has 0 aliphatic carbocycles. The lowest BCUT2D eigenvalue weighted by atomic mass is 9.76. The highest BCUT2D eigenvalue weighted by molar-refractivity contribution is 5.93. The Kier molecular flexibility index (Phi) is 6.91. The van der Waals surface area contributed by atoms with Gasteiger partial charge in [0, 0.05) is 31.3 Å². The third-order valence-corrected chi connectivity index (χ3v) is 7.18. The van der Waals surface area contributed by atoms with Crippen molar-refractivity contribution in [3.63, 3.8) is 0 Å². The van der Waals surface area contributed by atoms with Gasteiger partial charge in [-0.2, -0.15) is 0 Å². The van der Waals surface area contributed by atoms with Crippen LogP contribution in [0.3, 0.4) is 0 Å². The third-order valence-electron chi connectivity index (χ3n) is 7.18. The van der Waals surface area contributed by atoms with Gasteiger partial charge in [0.2, 0.25) is 5.91 Å². The van der Waals surface area contributed by atoms with Crippen molar-refractivity contribution in [2.24, 2.45) is 11.8 Å². The molecule has 0 bridgehead atoms. The number of carbonyl (C=O) groups is 1. The van der Waals surface area contributed by atoms with Gasteiger partial charge < -0.3 is 15.0 Å². The first-order valence-corrected chi connectivity index (χ1v) is 12.2. The fraction of sp³-hybridized carbons (Fsp3) is 0.345. The van der Waals surface area contributed by atoms with Gasteiger partial charge in [-0.1, -0.05) is 60.7 Å². The molecule has 176 valence electrons. The first-order chi connectivity index (χ1) is 16.7. The molecule has 2 aliphatic rings. The van der Waals surface area contributed by atoms with Gasteiger partial charge in [0.1, 0.15) is 5.82 Å². The molecule has 1 amide bonds. The standard InChI is InChI=1S/C29H31FN2O2/c30-26-19-25(31-29(33)24-15-18-34-20-24)11-12-27(26)32-16-13-23(14-17-32)28(21-7-3-1-4-8-21)22-9-5-2-6-10-22/h1-12,19,23-24,28H,13-18,20H2,(H,31,33). The van der Waals surface area contributed by atoms with E-state index in [1.54, 1.807) is 12.1 Å². The van der Waals surface area contributed by atoms with Crippen molar-refractivity contribution >= 4 is 17.3 Å². The number of piperidine rings is 1. The summed E-state index contributed by atoms with van der Waals surface area (Å²) in [5, 5.41) is 2.84. The number of nitrogens with one attached hydrogen (secondary N) is 1. The summed E-state index contributed by atoms with van der Waals surface area (Å²) >= 11 is 0. The highest BCUT2D eigenvalue weighted by Gasteiger charge is 2.30. The molecule has 3 aromatic carbocycles. The van der Waals surface area contributed by atoms with Gasteiger partial charge in [-0.3, -0.25) is 4.79 Å². The van der Waals surface area contributed by atoms with Crippen LogP contribution in [0.4, 0.5) is 15.8 Å². The summed E-state index contributed by atoms with van der Waals surface area (Å²) in [5.41, 5.74) is 3.79. The first-order valence-electron chi connectivity index (χ1n) is 12.2. The predicted molar refractivity (Wildman–Crippen MR) is 134 cm³/mol. The summed E-state index contributed by atoms with van der Waals surface area (Å²) in [4.78, 5) is 14.5. The second-order valence-corrected chi connectivity index (χ2v) is 9.34. The number of rotatable bonds is 6. The Morgan fingerprint density at radius 1 is 0.912 bits per heavy atom. The maximum absolute atomic E-state index is 15.0. The van der Waals surface area contributed by atoms with Crippen molar-refractivity contribution in [3.8, 4) is 0 Å². The van der Waals surface area contributed by atoms with Crippen LogP contribution in [-0.2, 0) is 9.53 Å². The molecule has 2 aliphatic heterocycles. The van der Waals surface area contributed by atoms with Crippen LogP contribution in [0.25, 0.3) is 0 Å². The molecular formula is C29H31FN2O2. The smallest absolute Gasteiger partial charge is 0.229 e. The largest absolute Gasteiger partial charge is 0.381 e. The van der Waals surface area contributed by atoms with E-state index in [1.807, 2.05) is 0 Å². The Bertz CT molecular complexity index is 1050. The zero-order chi connectivity index (χ0) is 23.3. The van der Waals surface area contributed by atoms with Crippen LogP contribution < -0.4 is 10.2 Å². The average Bonchev–Trinajstić information content (AvgIpc) is 3.42. The number of carbonyl (C=O) groups excluding carboxylic acids is 1. The lowest BCUT2D eigenvalue weighted by Gasteiger charge is -2.38. The summed E-state index contributed by atoms with van der Waals surface area (Å²) in [6.07, 6.45) is 2.70. The molecule has 3 aromatic rings. The van der Waals surface area contributed by atoms with Crippen LogP contribution in [0.5, 0.6) is 0 Å². The fourth-order valence-corrected chi connectivity index (χ4v) is 5.36. The van der Waals surface area contributed by atoms with Gasteiger partial charge in [-0.15, -0.1) is 0 Å². The molecule has 5 heteroatoms. The number of nitrogens with zero attached hydrogens (tertiary/aromatic N) is 1. The monoisotopic (exact) mass is 458 g/mol. The quantitative estimate of drug-likeness (QED) is 0.504. The third kappa shape index (κ3) is 5.00. The number of halogens is 1. The number of anilines is 2. The topological polar surface area (TPSA) is 41.6 Å². The Balaban J connectivity index is 1.26. The van der Waals surface area contributed by atoms with E-state index in [2.05, 4.69) is 70.9 Å². The van der Waals surface area contributed by atoms with Crippen molar-refractivity contribution in [3.05, 3.63) is 95.8 Å². The van der Waals surface area contributed by atoms with E-state index in [4.69, 9.17) is 4.74 Å². The van der Waals surface area contributed by atoms with Gasteiger partial charge >= 0.3 is 0 Å². The van der Waals surface area contributed by atoms with E-state index in [-0.39, 0.29) is 17.6 Å². The molecule has 1 atom stereocenters. The first kappa shape index (κ1) is 22.6. The minimum absolute atomic E-state index is 0.0988. The van der Waals surface area contributed by atoms with E-state index >= 15 is 4.39 Å². The summed E-state index contributed by atoms with van der Waals surface area (Å²) < 4.78 is 20.3. The molecular weight excluding hydrogens is 427 g/mol. The van der Waals surface area contributed by atoms with Crippen molar-refractivity contribution in [1.29, 1.82) is 0 Å². The van der Waals surface area contributed by atoms with Crippen LogP contribution in [-0.4, -0.2) is 32.2 Å². The molecule has 34 heavy (non-hydrogen) atoms. The summed E-state index contributed by atoms with van der Waals surface area (Å²) in [5.74, 6) is 0.298. The number of amides is 1. The summed E-state index contributed by atoms with van der Waals surface area (Å²) in [7, 11) is 0. The molecule has 1 N–H and O–H groups in total. The van der Waals surface area contributed by atoms with Crippen molar-refractivity contribution < 1.29 is 13.9 Å². The molecule has 2 saturated heterocycles. The van der Waals surface area contributed by atoms with E-state index in [0.29, 0.717) is 42.8 Å². The van der Waals surface area contributed by atoms with Gasteiger partial charge in [-0.25, -0.2) is 4.39 Å². The lowest BCUT2D eigenvalue weighted by molar-refractivity contribution is -0.119. The van der Waals surface area contributed by atoms with Gasteiger partial charge in [0.05, 0.1) is 18.2 Å². The molecule has 1 unspecified atom stereocenters. The minimum Gasteiger partial charge on any atom is -0.381 e. The second-order valence-electron chi connectivity index (χ2n) is 9.34. The zero-order valence-electron chi connectivity index (χ0n) is 19.3. The van der Waals surface area contributed by atoms with Crippen LogP contribution >= 0.6 is 0 Å². The number of hydrogen-bond donors (Lipinski definition) is 1.